The molecule has 0 aliphatic carbocycles. The first-order chi connectivity index (χ1) is 10.9. The largest absolute Gasteiger partial charge is 0.491 e. The molecule has 0 saturated carbocycles. The van der Waals surface area contributed by atoms with E-state index in [-0.39, 0.29) is 17.0 Å². The molecule has 130 valence electrons. The number of likely N-dealkylation sites (tertiary alicyclic amines) is 1. The molecular formula is C17H28N2O3S. The Labute approximate surface area is 140 Å². The minimum absolute atomic E-state index is 0.0703. The number of nitrogens with one attached hydrogen (secondary N) is 1. The van der Waals surface area contributed by atoms with Gasteiger partial charge < -0.3 is 4.74 Å². The molecule has 1 aliphatic rings. The summed E-state index contributed by atoms with van der Waals surface area (Å²) in [5.74, 6) is 0.681. The van der Waals surface area contributed by atoms with Gasteiger partial charge in [-0.15, -0.1) is 0 Å². The average molecular weight is 340 g/mol. The van der Waals surface area contributed by atoms with Gasteiger partial charge in [0, 0.05) is 12.6 Å². The lowest BCUT2D eigenvalue weighted by Crippen LogP contribution is -2.44. The van der Waals surface area contributed by atoms with Crippen molar-refractivity contribution in [1.29, 1.82) is 0 Å². The minimum Gasteiger partial charge on any atom is -0.491 e. The first-order valence-electron chi connectivity index (χ1n) is 8.39. The molecule has 0 aromatic heterocycles. The molecular weight excluding hydrogens is 312 g/mol. The van der Waals surface area contributed by atoms with Crippen LogP contribution in [0.3, 0.4) is 0 Å². The third kappa shape index (κ3) is 5.48. The van der Waals surface area contributed by atoms with Gasteiger partial charge in [0.2, 0.25) is 10.0 Å². The van der Waals surface area contributed by atoms with E-state index >= 15 is 0 Å². The minimum atomic E-state index is -3.47. The molecule has 1 atom stereocenters. The lowest BCUT2D eigenvalue weighted by molar-refractivity contribution is 0.175. The molecule has 0 amide bonds. The fourth-order valence-electron chi connectivity index (χ4n) is 2.77. The van der Waals surface area contributed by atoms with E-state index in [1.807, 2.05) is 13.8 Å². The van der Waals surface area contributed by atoms with Crippen molar-refractivity contribution in [2.45, 2.75) is 57.1 Å². The van der Waals surface area contributed by atoms with Crippen molar-refractivity contribution in [2.24, 2.45) is 0 Å². The summed E-state index contributed by atoms with van der Waals surface area (Å²) in [4.78, 5) is 2.63. The summed E-state index contributed by atoms with van der Waals surface area (Å²) in [6.45, 7) is 8.51. The summed E-state index contributed by atoms with van der Waals surface area (Å²) in [5, 5.41) is 0. The zero-order valence-corrected chi connectivity index (χ0v) is 15.1. The first-order valence-corrected chi connectivity index (χ1v) is 9.87. The standard InChI is InChI=1S/C17H28N2O3S/c1-14(2)22-16-7-9-17(10-8-16)23(20,21)18-13-15(3)19-11-5-4-6-12-19/h7-10,14-15,18H,4-6,11-13H2,1-3H3. The molecule has 0 radical (unpaired) electrons. The van der Waals surface area contributed by atoms with Crippen molar-refractivity contribution < 1.29 is 13.2 Å². The molecule has 0 bridgehead atoms. The van der Waals surface area contributed by atoms with E-state index in [1.54, 1.807) is 24.3 Å². The Kier molecular flexibility index (Phi) is 6.44. The van der Waals surface area contributed by atoms with Crippen LogP contribution in [0.15, 0.2) is 29.2 Å². The van der Waals surface area contributed by atoms with Crippen LogP contribution in [-0.2, 0) is 10.0 Å². The van der Waals surface area contributed by atoms with Crippen molar-refractivity contribution >= 4 is 10.0 Å². The Morgan fingerprint density at radius 2 is 1.70 bits per heavy atom. The number of hydrogen-bond acceptors (Lipinski definition) is 4. The highest BCUT2D eigenvalue weighted by Crippen LogP contribution is 2.17. The molecule has 23 heavy (non-hydrogen) atoms. The average Bonchev–Trinajstić information content (AvgIpc) is 2.53. The molecule has 5 nitrogen and oxygen atoms in total. The van der Waals surface area contributed by atoms with Crippen LogP contribution >= 0.6 is 0 Å². The van der Waals surface area contributed by atoms with Gasteiger partial charge >= 0.3 is 0 Å². The second kappa shape index (κ2) is 8.13. The monoisotopic (exact) mass is 340 g/mol. The smallest absolute Gasteiger partial charge is 0.240 e. The molecule has 2 rings (SSSR count). The molecule has 1 aliphatic heterocycles. The number of benzene rings is 1. The van der Waals surface area contributed by atoms with Crippen LogP contribution in [0.4, 0.5) is 0 Å². The van der Waals surface area contributed by atoms with E-state index in [9.17, 15) is 8.42 Å². The van der Waals surface area contributed by atoms with Crippen LogP contribution < -0.4 is 9.46 Å². The maximum absolute atomic E-state index is 12.4. The third-order valence-corrected chi connectivity index (χ3v) is 5.53. The van der Waals surface area contributed by atoms with Crippen LogP contribution in [0.25, 0.3) is 0 Å². The van der Waals surface area contributed by atoms with Crippen molar-refractivity contribution in [3.8, 4) is 5.75 Å². The van der Waals surface area contributed by atoms with Gasteiger partial charge in [0.25, 0.3) is 0 Å². The number of hydrogen-bond donors (Lipinski definition) is 1. The summed E-state index contributed by atoms with van der Waals surface area (Å²) in [6, 6.07) is 6.79. The molecule has 1 saturated heterocycles. The van der Waals surface area contributed by atoms with Gasteiger partial charge in [0.15, 0.2) is 0 Å². The Balaban J connectivity index is 1.92. The van der Waals surface area contributed by atoms with Crippen molar-refractivity contribution in [1.82, 2.24) is 9.62 Å². The predicted octanol–water partition coefficient (Wildman–Crippen LogP) is 2.63. The highest BCUT2D eigenvalue weighted by Gasteiger charge is 2.20. The second-order valence-electron chi connectivity index (χ2n) is 6.44. The van der Waals surface area contributed by atoms with Gasteiger partial charge in [-0.25, -0.2) is 13.1 Å². The van der Waals surface area contributed by atoms with Gasteiger partial charge in [-0.3, -0.25) is 4.90 Å². The summed E-state index contributed by atoms with van der Waals surface area (Å²) in [5.41, 5.74) is 0. The quantitative estimate of drug-likeness (QED) is 0.829. The molecule has 1 aromatic rings. The molecule has 6 heteroatoms. The van der Waals surface area contributed by atoms with Crippen molar-refractivity contribution in [3.63, 3.8) is 0 Å². The molecule has 0 spiro atoms. The highest BCUT2D eigenvalue weighted by molar-refractivity contribution is 7.89. The van der Waals surface area contributed by atoms with Crippen molar-refractivity contribution in [3.05, 3.63) is 24.3 Å². The third-order valence-electron chi connectivity index (χ3n) is 4.09. The van der Waals surface area contributed by atoms with Gasteiger partial charge in [-0.1, -0.05) is 6.42 Å². The second-order valence-corrected chi connectivity index (χ2v) is 8.20. The summed E-state index contributed by atoms with van der Waals surface area (Å²) in [6.07, 6.45) is 3.75. The van der Waals surface area contributed by atoms with E-state index in [1.165, 1.54) is 19.3 Å². The summed E-state index contributed by atoms with van der Waals surface area (Å²) < 4.78 is 33.0. The number of sulfonamides is 1. The summed E-state index contributed by atoms with van der Waals surface area (Å²) in [7, 11) is -3.47. The lowest BCUT2D eigenvalue weighted by atomic mass is 10.1. The van der Waals surface area contributed by atoms with Gasteiger partial charge in [0.05, 0.1) is 11.0 Å². The Bertz CT molecular complexity index is 578. The van der Waals surface area contributed by atoms with E-state index in [4.69, 9.17) is 4.74 Å². The van der Waals surface area contributed by atoms with Crippen molar-refractivity contribution in [2.75, 3.05) is 19.6 Å². The zero-order chi connectivity index (χ0) is 16.9. The van der Waals surface area contributed by atoms with Crippen LogP contribution in [0.1, 0.15) is 40.0 Å². The van der Waals surface area contributed by atoms with E-state index in [2.05, 4.69) is 16.5 Å². The van der Waals surface area contributed by atoms with Gasteiger partial charge in [-0.05, 0) is 71.0 Å². The maximum Gasteiger partial charge on any atom is 0.240 e. The van der Waals surface area contributed by atoms with Gasteiger partial charge in [0.1, 0.15) is 5.75 Å². The van der Waals surface area contributed by atoms with Crippen LogP contribution in [-0.4, -0.2) is 45.1 Å². The Morgan fingerprint density at radius 3 is 2.26 bits per heavy atom. The van der Waals surface area contributed by atoms with Gasteiger partial charge in [-0.2, -0.15) is 0 Å². The van der Waals surface area contributed by atoms with E-state index < -0.39 is 10.0 Å². The molecule has 1 N–H and O–H groups in total. The topological polar surface area (TPSA) is 58.6 Å². The normalized spacial score (nSPS) is 18.1. The van der Waals surface area contributed by atoms with Crippen LogP contribution in [0.2, 0.25) is 0 Å². The molecule has 1 unspecified atom stereocenters. The molecule has 1 fully saturated rings. The lowest BCUT2D eigenvalue weighted by Gasteiger charge is -2.32. The maximum atomic E-state index is 12.4. The number of nitrogens with zero attached hydrogens (tertiary/aromatic N) is 1. The Morgan fingerprint density at radius 1 is 1.09 bits per heavy atom. The summed E-state index contributed by atoms with van der Waals surface area (Å²) >= 11 is 0. The molecule has 1 aromatic carbocycles. The number of piperidine rings is 1. The number of rotatable bonds is 7. The zero-order valence-electron chi connectivity index (χ0n) is 14.3. The van der Waals surface area contributed by atoms with E-state index in [0.29, 0.717) is 12.3 Å². The van der Waals surface area contributed by atoms with E-state index in [0.717, 1.165) is 13.1 Å². The predicted molar refractivity (Wildman–Crippen MR) is 92.3 cm³/mol. The SMILES string of the molecule is CC(C)Oc1ccc(S(=O)(=O)NCC(C)N2CCCCC2)cc1. The molecule has 1 heterocycles. The first kappa shape index (κ1) is 18.2. The highest BCUT2D eigenvalue weighted by atomic mass is 32.2. The fraction of sp³-hybridized carbons (Fsp3) is 0.647. The van der Waals surface area contributed by atoms with Crippen LogP contribution in [0.5, 0.6) is 5.75 Å². The fourth-order valence-corrected chi connectivity index (χ4v) is 3.89. The number of ether oxygens (including phenoxy) is 1. The Hall–Kier alpha value is -1.11. The van der Waals surface area contributed by atoms with Crippen LogP contribution in [0, 0.1) is 0 Å².